The van der Waals surface area contributed by atoms with Crippen molar-refractivity contribution in [2.75, 3.05) is 6.54 Å². The van der Waals surface area contributed by atoms with Gasteiger partial charge in [0.25, 0.3) is 0 Å². The van der Waals surface area contributed by atoms with Crippen LogP contribution in [0.4, 0.5) is 11.4 Å². The maximum Gasteiger partial charge on any atom is 0.243 e. The Balaban J connectivity index is 1.74. The molecule has 0 unspecified atom stereocenters. The Kier molecular flexibility index (Phi) is 6.90. The third kappa shape index (κ3) is 5.63. The molecule has 31 heavy (non-hydrogen) atoms. The van der Waals surface area contributed by atoms with Gasteiger partial charge >= 0.3 is 0 Å². The van der Waals surface area contributed by atoms with Gasteiger partial charge < -0.3 is 15.5 Å². The van der Waals surface area contributed by atoms with Crippen molar-refractivity contribution in [1.82, 2.24) is 5.32 Å². The number of aromatic hydroxyl groups is 2. The van der Waals surface area contributed by atoms with Gasteiger partial charge in [0.1, 0.15) is 17.2 Å². The summed E-state index contributed by atoms with van der Waals surface area (Å²) in [5.41, 5.74) is 2.04. The van der Waals surface area contributed by atoms with E-state index < -0.39 is 0 Å². The van der Waals surface area contributed by atoms with E-state index in [4.69, 9.17) is 0 Å². The molecule has 3 N–H and O–H groups in total. The lowest BCUT2D eigenvalue weighted by Gasteiger charge is -2.07. The Hall–Kier alpha value is -4.26. The molecule has 7 heteroatoms. The summed E-state index contributed by atoms with van der Waals surface area (Å²) < 4.78 is 0. The van der Waals surface area contributed by atoms with Crippen LogP contribution in [0.5, 0.6) is 11.5 Å². The molecule has 0 spiro atoms. The molecule has 7 nitrogen and oxygen atoms in total. The Bertz CT molecular complexity index is 1120. The van der Waals surface area contributed by atoms with Gasteiger partial charge in [-0.25, -0.2) is 0 Å². The maximum absolute atomic E-state index is 12.6. The zero-order valence-corrected chi connectivity index (χ0v) is 16.7. The molecule has 0 fully saturated rings. The number of amides is 1. The Morgan fingerprint density at radius 2 is 1.65 bits per heavy atom. The van der Waals surface area contributed by atoms with E-state index in [0.29, 0.717) is 24.2 Å². The highest BCUT2D eigenvalue weighted by Crippen LogP contribution is 2.35. The fraction of sp³-hybridized carbons (Fsp3) is 0.0833. The molecule has 156 valence electrons. The number of benzene rings is 3. The molecule has 0 saturated carbocycles. The molecule has 0 atom stereocenters. The van der Waals surface area contributed by atoms with Gasteiger partial charge in [0.15, 0.2) is 5.78 Å². The number of phenolic OH excluding ortho intramolecular Hbond substituents is 2. The summed E-state index contributed by atoms with van der Waals surface area (Å²) in [6.07, 6.45) is 1.88. The largest absolute Gasteiger partial charge is 0.507 e. The van der Waals surface area contributed by atoms with Gasteiger partial charge in [-0.15, -0.1) is 5.11 Å². The first-order chi connectivity index (χ1) is 15.0. The number of rotatable bonds is 8. The zero-order valence-electron chi connectivity index (χ0n) is 16.7. The second-order valence-corrected chi connectivity index (χ2v) is 6.66. The van der Waals surface area contributed by atoms with Crippen molar-refractivity contribution in [3.8, 4) is 11.5 Å². The molecule has 3 aromatic rings. The van der Waals surface area contributed by atoms with Crippen LogP contribution in [0, 0.1) is 0 Å². The van der Waals surface area contributed by atoms with Crippen molar-refractivity contribution >= 4 is 23.1 Å². The van der Waals surface area contributed by atoms with Gasteiger partial charge in [-0.05, 0) is 36.3 Å². The van der Waals surface area contributed by atoms with Crippen LogP contribution in [0.1, 0.15) is 21.5 Å². The minimum Gasteiger partial charge on any atom is -0.507 e. The monoisotopic (exact) mass is 415 g/mol. The van der Waals surface area contributed by atoms with Crippen molar-refractivity contribution in [3.63, 3.8) is 0 Å². The van der Waals surface area contributed by atoms with Gasteiger partial charge in [0, 0.05) is 18.2 Å². The normalized spacial score (nSPS) is 10.7. The van der Waals surface area contributed by atoms with Crippen LogP contribution >= 0.6 is 0 Å². The van der Waals surface area contributed by atoms with Crippen molar-refractivity contribution in [2.24, 2.45) is 10.2 Å². The highest BCUT2D eigenvalue weighted by molar-refractivity contribution is 6.11. The topological polar surface area (TPSA) is 111 Å². The molecule has 0 aliphatic heterocycles. The maximum atomic E-state index is 12.6. The third-order valence-electron chi connectivity index (χ3n) is 4.48. The molecule has 0 aliphatic carbocycles. The number of phenols is 2. The second-order valence-electron chi connectivity index (χ2n) is 6.66. The minimum absolute atomic E-state index is 0.0230. The van der Waals surface area contributed by atoms with Crippen molar-refractivity contribution < 1.29 is 19.8 Å². The Morgan fingerprint density at radius 3 is 2.32 bits per heavy atom. The number of carbonyl (C=O) groups excluding carboxylic acids is 2. The lowest BCUT2D eigenvalue weighted by Crippen LogP contribution is -2.23. The van der Waals surface area contributed by atoms with E-state index in [2.05, 4.69) is 22.1 Å². The zero-order chi connectivity index (χ0) is 22.2. The second kappa shape index (κ2) is 9.98. The van der Waals surface area contributed by atoms with Crippen molar-refractivity contribution in [2.45, 2.75) is 6.42 Å². The van der Waals surface area contributed by atoms with Crippen LogP contribution in [-0.2, 0) is 11.2 Å². The minimum atomic E-state index is -0.387. The summed E-state index contributed by atoms with van der Waals surface area (Å²) in [6, 6.07) is 18.1. The molecular weight excluding hydrogens is 394 g/mol. The number of nitrogens with one attached hydrogen (secondary N) is 1. The van der Waals surface area contributed by atoms with Crippen LogP contribution in [0.15, 0.2) is 89.6 Å². The van der Waals surface area contributed by atoms with Crippen LogP contribution in [0.25, 0.3) is 0 Å². The molecule has 0 radical (unpaired) electrons. The Morgan fingerprint density at radius 1 is 0.935 bits per heavy atom. The SMILES string of the molecule is C=CC(=O)NCCc1ccc(N=Nc2cc(C(=O)c3ccccc3)c(O)cc2O)cc1. The van der Waals surface area contributed by atoms with E-state index in [1.54, 1.807) is 42.5 Å². The molecule has 3 aromatic carbocycles. The number of azo groups is 1. The highest BCUT2D eigenvalue weighted by Gasteiger charge is 2.16. The van der Waals surface area contributed by atoms with Gasteiger partial charge in [-0.2, -0.15) is 5.11 Å². The number of carbonyl (C=O) groups is 2. The molecule has 0 aliphatic rings. The summed E-state index contributed by atoms with van der Waals surface area (Å²) in [5.74, 6) is -1.23. The summed E-state index contributed by atoms with van der Waals surface area (Å²) in [6.45, 7) is 3.89. The van der Waals surface area contributed by atoms with E-state index in [1.807, 2.05) is 12.1 Å². The van der Waals surface area contributed by atoms with E-state index >= 15 is 0 Å². The van der Waals surface area contributed by atoms with Crippen LogP contribution in [-0.4, -0.2) is 28.4 Å². The molecule has 0 saturated heterocycles. The first-order valence-electron chi connectivity index (χ1n) is 9.54. The number of ketones is 1. The predicted octanol–water partition coefficient (Wildman–Crippen LogP) is 4.59. The third-order valence-corrected chi connectivity index (χ3v) is 4.48. The lowest BCUT2D eigenvalue weighted by atomic mass is 10.0. The van der Waals surface area contributed by atoms with Crippen LogP contribution < -0.4 is 5.32 Å². The quantitative estimate of drug-likeness (QED) is 0.284. The fourth-order valence-corrected chi connectivity index (χ4v) is 2.82. The molecule has 0 bridgehead atoms. The average molecular weight is 415 g/mol. The summed E-state index contributed by atoms with van der Waals surface area (Å²) in [7, 11) is 0. The van der Waals surface area contributed by atoms with Crippen molar-refractivity contribution in [3.05, 3.63) is 96.1 Å². The predicted molar refractivity (Wildman–Crippen MR) is 117 cm³/mol. The van der Waals surface area contributed by atoms with E-state index in [0.717, 1.165) is 11.6 Å². The van der Waals surface area contributed by atoms with Gasteiger partial charge in [0.2, 0.25) is 5.91 Å². The first-order valence-corrected chi connectivity index (χ1v) is 9.54. The number of hydrogen-bond donors (Lipinski definition) is 3. The lowest BCUT2D eigenvalue weighted by molar-refractivity contribution is -0.116. The standard InChI is InChI=1S/C24H21N3O4/c1-2-23(30)25-13-12-16-8-10-18(11-9-16)26-27-20-14-19(21(28)15-22(20)29)24(31)17-6-4-3-5-7-17/h2-11,14-15,28-29H,1,12-13H2,(H,25,30). The molecule has 3 rings (SSSR count). The van der Waals surface area contributed by atoms with E-state index in [-0.39, 0.29) is 34.4 Å². The summed E-state index contributed by atoms with van der Waals surface area (Å²) in [4.78, 5) is 23.8. The average Bonchev–Trinajstić information content (AvgIpc) is 2.79. The first kappa shape index (κ1) is 21.4. The van der Waals surface area contributed by atoms with Crippen LogP contribution in [0.3, 0.4) is 0 Å². The van der Waals surface area contributed by atoms with E-state index in [9.17, 15) is 19.8 Å². The summed E-state index contributed by atoms with van der Waals surface area (Å²) >= 11 is 0. The molecule has 0 heterocycles. The van der Waals surface area contributed by atoms with Crippen molar-refractivity contribution in [1.29, 1.82) is 0 Å². The molecule has 1 amide bonds. The fourth-order valence-electron chi connectivity index (χ4n) is 2.82. The number of nitrogens with zero attached hydrogens (tertiary/aromatic N) is 2. The smallest absolute Gasteiger partial charge is 0.243 e. The van der Waals surface area contributed by atoms with Gasteiger partial charge in [-0.1, -0.05) is 49.0 Å². The Labute approximate surface area is 179 Å². The van der Waals surface area contributed by atoms with Gasteiger partial charge in [0.05, 0.1) is 11.3 Å². The van der Waals surface area contributed by atoms with Crippen LogP contribution in [0.2, 0.25) is 0 Å². The summed E-state index contributed by atoms with van der Waals surface area (Å²) in [5, 5.41) is 31.0. The molecule has 0 aromatic heterocycles. The van der Waals surface area contributed by atoms with E-state index in [1.165, 1.54) is 12.1 Å². The highest BCUT2D eigenvalue weighted by atomic mass is 16.3. The van der Waals surface area contributed by atoms with Gasteiger partial charge in [-0.3, -0.25) is 9.59 Å². The number of hydrogen-bond acceptors (Lipinski definition) is 6. The molecular formula is C24H21N3O4.